The van der Waals surface area contributed by atoms with Gasteiger partial charge in [0.25, 0.3) is 0 Å². The Hall–Kier alpha value is -2.60. The quantitative estimate of drug-likeness (QED) is 0.645. The Morgan fingerprint density at radius 1 is 1.38 bits per heavy atom. The zero-order valence-corrected chi connectivity index (χ0v) is 15.4. The second kappa shape index (κ2) is 7.33. The highest BCUT2D eigenvalue weighted by Gasteiger charge is 2.22. The first kappa shape index (κ1) is 18.2. The van der Waals surface area contributed by atoms with Crippen LogP contribution in [0.15, 0.2) is 34.7 Å². The van der Waals surface area contributed by atoms with E-state index in [2.05, 4.69) is 10.3 Å². The summed E-state index contributed by atoms with van der Waals surface area (Å²) in [6.45, 7) is 3.55. The minimum Gasteiger partial charge on any atom is -0.494 e. The van der Waals surface area contributed by atoms with Gasteiger partial charge in [-0.2, -0.15) is 4.98 Å². The van der Waals surface area contributed by atoms with Gasteiger partial charge in [-0.1, -0.05) is 37.6 Å². The van der Waals surface area contributed by atoms with Crippen molar-refractivity contribution in [3.63, 3.8) is 0 Å². The highest BCUT2D eigenvalue weighted by Crippen LogP contribution is 2.34. The van der Waals surface area contributed by atoms with Gasteiger partial charge in [-0.25, -0.2) is 4.39 Å². The molecule has 0 saturated heterocycles. The molecule has 0 amide bonds. The van der Waals surface area contributed by atoms with Crippen molar-refractivity contribution in [3.8, 4) is 5.75 Å². The molecule has 0 radical (unpaired) electrons. The Morgan fingerprint density at radius 3 is 2.77 bits per heavy atom. The maximum absolute atomic E-state index is 14.8. The molecule has 0 bridgehead atoms. The highest BCUT2D eigenvalue weighted by atomic mass is 35.5. The number of fused-ring (bicyclic) bond motifs is 1. The number of carbonyl (C=O) groups excluding carboxylic acids is 1. The fourth-order valence-electron chi connectivity index (χ4n) is 2.48. The molecule has 0 aliphatic carbocycles. The largest absolute Gasteiger partial charge is 0.494 e. The van der Waals surface area contributed by atoms with E-state index < -0.39 is 5.82 Å². The van der Waals surface area contributed by atoms with E-state index in [0.29, 0.717) is 16.5 Å². The summed E-state index contributed by atoms with van der Waals surface area (Å²) in [6, 6.07) is 8.62. The molecule has 3 rings (SSSR count). The molecule has 1 aromatic heterocycles. The van der Waals surface area contributed by atoms with Crippen LogP contribution < -0.4 is 10.1 Å². The first-order chi connectivity index (χ1) is 12.4. The van der Waals surface area contributed by atoms with Gasteiger partial charge < -0.3 is 14.5 Å². The third-order valence-corrected chi connectivity index (χ3v) is 4.32. The van der Waals surface area contributed by atoms with E-state index in [4.69, 9.17) is 20.8 Å². The summed E-state index contributed by atoms with van der Waals surface area (Å²) in [5.74, 6) is -0.541. The molecule has 2 aromatic carbocycles. The van der Waals surface area contributed by atoms with Crippen molar-refractivity contribution < 1.29 is 18.3 Å². The zero-order chi connectivity index (χ0) is 18.8. The third-order valence-electron chi connectivity index (χ3n) is 3.99. The standard InChI is InChI=1S/C19H18ClFN2O3/c1-10(2)14(24)8-11-9-15(25-3)17-18(16(11)21)26-19(23-17)22-13-7-5-4-6-12(13)20/h4-7,9-10H,8H2,1-3H3,(H,22,23). The third kappa shape index (κ3) is 3.51. The molecule has 7 heteroatoms. The molecule has 1 N–H and O–H groups in total. The van der Waals surface area contributed by atoms with E-state index in [0.717, 1.165) is 0 Å². The van der Waals surface area contributed by atoms with Crippen LogP contribution in [0.4, 0.5) is 16.1 Å². The predicted molar refractivity (Wildman–Crippen MR) is 98.8 cm³/mol. The summed E-state index contributed by atoms with van der Waals surface area (Å²) in [7, 11) is 1.45. The number of nitrogens with one attached hydrogen (secondary N) is 1. The maximum Gasteiger partial charge on any atom is 0.300 e. The first-order valence-electron chi connectivity index (χ1n) is 8.11. The van der Waals surface area contributed by atoms with Crippen LogP contribution in [0.2, 0.25) is 5.02 Å². The van der Waals surface area contributed by atoms with E-state index >= 15 is 0 Å². The smallest absolute Gasteiger partial charge is 0.300 e. The van der Waals surface area contributed by atoms with Crippen molar-refractivity contribution in [2.24, 2.45) is 5.92 Å². The van der Waals surface area contributed by atoms with Gasteiger partial charge in [0.2, 0.25) is 0 Å². The van der Waals surface area contributed by atoms with Crippen LogP contribution in [0.25, 0.3) is 11.1 Å². The molecular formula is C19H18ClFN2O3. The molecule has 3 aromatic rings. The number of aromatic nitrogens is 1. The number of ether oxygens (including phenoxy) is 1. The number of carbonyl (C=O) groups is 1. The summed E-state index contributed by atoms with van der Waals surface area (Å²) < 4.78 is 25.7. The Kier molecular flexibility index (Phi) is 5.13. The second-order valence-corrected chi connectivity index (χ2v) is 6.56. The maximum atomic E-state index is 14.8. The molecule has 136 valence electrons. The van der Waals surface area contributed by atoms with Crippen LogP contribution in [-0.4, -0.2) is 17.9 Å². The average molecular weight is 377 g/mol. The number of ketones is 1. The summed E-state index contributed by atoms with van der Waals surface area (Å²) >= 11 is 6.11. The molecule has 0 atom stereocenters. The number of anilines is 2. The number of para-hydroxylation sites is 1. The SMILES string of the molecule is COc1cc(CC(=O)C(C)C)c(F)c2oc(Nc3ccccc3Cl)nc12. The number of methoxy groups -OCH3 is 1. The van der Waals surface area contributed by atoms with Gasteiger partial charge in [-0.05, 0) is 18.2 Å². The van der Waals surface area contributed by atoms with Crippen molar-refractivity contribution in [2.45, 2.75) is 20.3 Å². The Balaban J connectivity index is 2.03. The van der Waals surface area contributed by atoms with Crippen molar-refractivity contribution >= 4 is 40.2 Å². The lowest BCUT2D eigenvalue weighted by Crippen LogP contribution is -2.11. The van der Waals surface area contributed by atoms with E-state index in [1.807, 2.05) is 0 Å². The average Bonchev–Trinajstić information content (AvgIpc) is 3.03. The zero-order valence-electron chi connectivity index (χ0n) is 14.6. The van der Waals surface area contributed by atoms with Gasteiger partial charge in [0.1, 0.15) is 11.5 Å². The van der Waals surface area contributed by atoms with Crippen LogP contribution in [-0.2, 0) is 11.2 Å². The fraction of sp³-hybridized carbons (Fsp3) is 0.263. The molecule has 0 spiro atoms. The van der Waals surface area contributed by atoms with Crippen LogP contribution in [0.3, 0.4) is 0 Å². The lowest BCUT2D eigenvalue weighted by molar-refractivity contribution is -0.121. The number of halogens is 2. The molecule has 0 aliphatic heterocycles. The number of nitrogens with zero attached hydrogens (tertiary/aromatic N) is 1. The summed E-state index contributed by atoms with van der Waals surface area (Å²) in [6.07, 6.45) is -0.0379. The summed E-state index contributed by atoms with van der Waals surface area (Å²) in [5.41, 5.74) is 0.967. The lowest BCUT2D eigenvalue weighted by atomic mass is 10.00. The van der Waals surface area contributed by atoms with Crippen LogP contribution in [0, 0.1) is 11.7 Å². The molecule has 0 fully saturated rings. The Labute approximate surface area is 155 Å². The predicted octanol–water partition coefficient (Wildman–Crippen LogP) is 5.14. The lowest BCUT2D eigenvalue weighted by Gasteiger charge is -2.08. The number of benzene rings is 2. The number of oxazole rings is 1. The van der Waals surface area contributed by atoms with Gasteiger partial charge in [-0.3, -0.25) is 4.79 Å². The van der Waals surface area contributed by atoms with Gasteiger partial charge in [-0.15, -0.1) is 0 Å². The van der Waals surface area contributed by atoms with Crippen LogP contribution in [0.5, 0.6) is 5.75 Å². The molecule has 1 heterocycles. The molecule has 0 unspecified atom stereocenters. The number of Topliss-reactive ketones (excluding diaryl/α,β-unsaturated/α-hetero) is 1. The molecule has 0 saturated carbocycles. The molecule has 5 nitrogen and oxygen atoms in total. The summed E-state index contributed by atoms with van der Waals surface area (Å²) in [5, 5.41) is 3.40. The van der Waals surface area contributed by atoms with Crippen molar-refractivity contribution in [1.82, 2.24) is 4.98 Å². The van der Waals surface area contributed by atoms with E-state index in [1.54, 1.807) is 38.1 Å². The fourth-order valence-corrected chi connectivity index (χ4v) is 2.66. The number of hydrogen-bond acceptors (Lipinski definition) is 5. The van der Waals surface area contributed by atoms with Crippen molar-refractivity contribution in [1.29, 1.82) is 0 Å². The van der Waals surface area contributed by atoms with Gasteiger partial charge in [0.05, 0.1) is 17.8 Å². The monoisotopic (exact) mass is 376 g/mol. The highest BCUT2D eigenvalue weighted by molar-refractivity contribution is 6.33. The number of rotatable bonds is 6. The van der Waals surface area contributed by atoms with Crippen molar-refractivity contribution in [2.75, 3.05) is 12.4 Å². The summed E-state index contributed by atoms with van der Waals surface area (Å²) in [4.78, 5) is 16.3. The molecule has 26 heavy (non-hydrogen) atoms. The van der Waals surface area contributed by atoms with E-state index in [9.17, 15) is 9.18 Å². The van der Waals surface area contributed by atoms with Crippen LogP contribution in [0.1, 0.15) is 19.4 Å². The Bertz CT molecular complexity index is 969. The Morgan fingerprint density at radius 2 is 2.12 bits per heavy atom. The van der Waals surface area contributed by atoms with Crippen LogP contribution >= 0.6 is 11.6 Å². The van der Waals surface area contributed by atoms with Crippen molar-refractivity contribution in [3.05, 3.63) is 46.7 Å². The second-order valence-electron chi connectivity index (χ2n) is 6.15. The van der Waals surface area contributed by atoms with Gasteiger partial charge in [0.15, 0.2) is 16.9 Å². The topological polar surface area (TPSA) is 64.4 Å². The molecular weight excluding hydrogens is 359 g/mol. The van der Waals surface area contributed by atoms with E-state index in [-0.39, 0.29) is 40.8 Å². The first-order valence-corrected chi connectivity index (χ1v) is 8.48. The normalized spacial score (nSPS) is 11.2. The minimum absolute atomic E-state index is 0.0379. The molecule has 0 aliphatic rings. The van der Waals surface area contributed by atoms with Gasteiger partial charge >= 0.3 is 6.01 Å². The van der Waals surface area contributed by atoms with E-state index in [1.165, 1.54) is 13.2 Å². The number of hydrogen-bond donors (Lipinski definition) is 1. The van der Waals surface area contributed by atoms with Gasteiger partial charge in [0, 0.05) is 17.9 Å². The minimum atomic E-state index is -0.616.